The van der Waals surface area contributed by atoms with Crippen LogP contribution < -0.4 is 4.52 Å². The Balaban J connectivity index is 2.67. The average molecular weight is 155 g/mol. The van der Waals surface area contributed by atoms with E-state index in [0.29, 0.717) is 5.75 Å². The highest BCUT2D eigenvalue weighted by Gasteiger charge is 1.92. The van der Waals surface area contributed by atoms with Gasteiger partial charge in [-0.15, -0.1) is 0 Å². The fraction of sp³-hybridized carbons (Fsp3) is 0.143. The van der Waals surface area contributed by atoms with Gasteiger partial charge in [0.25, 0.3) is 8.03 Å². The molecule has 0 aliphatic heterocycles. The van der Waals surface area contributed by atoms with Gasteiger partial charge in [0.15, 0.2) is 0 Å². The van der Waals surface area contributed by atoms with Crippen molar-refractivity contribution in [1.82, 2.24) is 0 Å². The quantitative estimate of drug-likeness (QED) is 0.613. The van der Waals surface area contributed by atoms with Crippen molar-refractivity contribution in [1.29, 1.82) is 0 Å². The molecule has 0 N–H and O–H groups in total. The Morgan fingerprint density at radius 3 is 2.40 bits per heavy atom. The molecule has 0 aliphatic rings. The lowest BCUT2D eigenvalue weighted by atomic mass is 10.3. The van der Waals surface area contributed by atoms with Crippen molar-refractivity contribution >= 4 is 8.03 Å². The zero-order valence-electron chi connectivity index (χ0n) is 5.65. The second-order valence-electron chi connectivity index (χ2n) is 1.84. The molecule has 0 fully saturated rings. The van der Waals surface area contributed by atoms with Gasteiger partial charge in [-0.25, -0.2) is 4.57 Å². The molecule has 1 unspecified atom stereocenters. The Hall–Kier alpha value is -0.880. The molecule has 1 atom stereocenters. The summed E-state index contributed by atoms with van der Waals surface area (Å²) in [6.45, 7) is 1.53. The number of rotatable bonds is 2. The highest BCUT2D eigenvalue weighted by Crippen LogP contribution is 2.21. The van der Waals surface area contributed by atoms with Crippen molar-refractivity contribution in [3.8, 4) is 5.75 Å². The summed E-state index contributed by atoms with van der Waals surface area (Å²) in [6.07, 6.45) is 0. The average Bonchev–Trinajstić information content (AvgIpc) is 1.88. The van der Waals surface area contributed by atoms with Crippen LogP contribution in [0, 0.1) is 0 Å². The summed E-state index contributed by atoms with van der Waals surface area (Å²) in [4.78, 5) is 0. The van der Waals surface area contributed by atoms with E-state index in [-0.39, 0.29) is 0 Å². The Bertz CT molecular complexity index is 220. The van der Waals surface area contributed by atoms with Crippen LogP contribution in [-0.2, 0) is 4.57 Å². The van der Waals surface area contributed by atoms with Crippen LogP contribution in [0.5, 0.6) is 5.75 Å². The van der Waals surface area contributed by atoms with Crippen LogP contribution in [-0.4, -0.2) is 6.66 Å². The molecule has 0 amide bonds. The monoisotopic (exact) mass is 155 g/mol. The van der Waals surface area contributed by atoms with Crippen LogP contribution in [0.3, 0.4) is 0 Å². The first kappa shape index (κ1) is 7.23. The first-order valence-electron chi connectivity index (χ1n) is 2.93. The molecule has 1 radical (unpaired) electrons. The highest BCUT2D eigenvalue weighted by molar-refractivity contribution is 7.38. The zero-order chi connectivity index (χ0) is 7.40. The standard InChI is InChI=1S/C7H8O2P/c1-10(8)9-7-5-3-2-4-6-7/h2-6H,1H3. The van der Waals surface area contributed by atoms with Gasteiger partial charge in [-0.05, 0) is 12.1 Å². The van der Waals surface area contributed by atoms with E-state index in [0.717, 1.165) is 0 Å². The molecule has 0 aliphatic carbocycles. The SMILES string of the molecule is C[P](=O)Oc1ccccc1. The van der Waals surface area contributed by atoms with Gasteiger partial charge in [0, 0.05) is 6.66 Å². The maximum Gasteiger partial charge on any atom is 0.264 e. The molecular formula is C7H8O2P. The summed E-state index contributed by atoms with van der Waals surface area (Å²) in [5.74, 6) is 0.658. The minimum Gasteiger partial charge on any atom is -0.417 e. The van der Waals surface area contributed by atoms with Crippen molar-refractivity contribution in [3.63, 3.8) is 0 Å². The fourth-order valence-electron chi connectivity index (χ4n) is 0.630. The zero-order valence-corrected chi connectivity index (χ0v) is 6.54. The third-order valence-corrected chi connectivity index (χ3v) is 1.45. The predicted octanol–water partition coefficient (Wildman–Crippen LogP) is 2.44. The molecule has 0 aromatic heterocycles. The molecule has 10 heavy (non-hydrogen) atoms. The van der Waals surface area contributed by atoms with Crippen LogP contribution in [0.4, 0.5) is 0 Å². The molecule has 1 rings (SSSR count). The maximum absolute atomic E-state index is 10.5. The Labute approximate surface area is 60.7 Å². The van der Waals surface area contributed by atoms with E-state index in [2.05, 4.69) is 0 Å². The topological polar surface area (TPSA) is 26.3 Å². The summed E-state index contributed by atoms with van der Waals surface area (Å²) in [6, 6.07) is 9.12. The van der Waals surface area contributed by atoms with E-state index < -0.39 is 8.03 Å². The van der Waals surface area contributed by atoms with E-state index in [1.807, 2.05) is 18.2 Å². The lowest BCUT2D eigenvalue weighted by Crippen LogP contribution is -1.76. The second kappa shape index (κ2) is 3.33. The molecule has 3 heteroatoms. The van der Waals surface area contributed by atoms with Gasteiger partial charge >= 0.3 is 0 Å². The Morgan fingerprint density at radius 1 is 1.30 bits per heavy atom. The fourth-order valence-corrected chi connectivity index (χ4v) is 1.05. The van der Waals surface area contributed by atoms with Crippen LogP contribution >= 0.6 is 8.03 Å². The minimum absolute atomic E-state index is 0.658. The number of hydrogen-bond acceptors (Lipinski definition) is 2. The molecule has 0 saturated carbocycles. The van der Waals surface area contributed by atoms with Crippen LogP contribution in [0.1, 0.15) is 0 Å². The number of benzene rings is 1. The summed E-state index contributed by atoms with van der Waals surface area (Å²) in [7, 11) is -1.53. The van der Waals surface area contributed by atoms with Crippen molar-refractivity contribution in [2.75, 3.05) is 6.66 Å². The first-order valence-corrected chi connectivity index (χ1v) is 4.55. The van der Waals surface area contributed by atoms with E-state index in [4.69, 9.17) is 4.52 Å². The van der Waals surface area contributed by atoms with Gasteiger partial charge in [0.1, 0.15) is 5.75 Å². The Kier molecular flexibility index (Phi) is 2.41. The third kappa shape index (κ3) is 2.16. The van der Waals surface area contributed by atoms with Crippen LogP contribution in [0.25, 0.3) is 0 Å². The highest BCUT2D eigenvalue weighted by atomic mass is 31.1. The van der Waals surface area contributed by atoms with Gasteiger partial charge in [0.2, 0.25) is 0 Å². The summed E-state index contributed by atoms with van der Waals surface area (Å²) in [5, 5.41) is 0. The lowest BCUT2D eigenvalue weighted by molar-refractivity contribution is 0.511. The van der Waals surface area contributed by atoms with Gasteiger partial charge in [-0.1, -0.05) is 18.2 Å². The third-order valence-electron chi connectivity index (χ3n) is 0.977. The molecule has 0 saturated heterocycles. The van der Waals surface area contributed by atoms with E-state index in [1.165, 1.54) is 6.66 Å². The van der Waals surface area contributed by atoms with Crippen molar-refractivity contribution in [2.24, 2.45) is 0 Å². The molecular weight excluding hydrogens is 147 g/mol. The van der Waals surface area contributed by atoms with Gasteiger partial charge in [-0.2, -0.15) is 0 Å². The normalized spacial score (nSPS) is 10.7. The molecule has 53 valence electrons. The summed E-state index contributed by atoms with van der Waals surface area (Å²) < 4.78 is 15.5. The van der Waals surface area contributed by atoms with E-state index >= 15 is 0 Å². The van der Waals surface area contributed by atoms with E-state index in [1.54, 1.807) is 12.1 Å². The van der Waals surface area contributed by atoms with E-state index in [9.17, 15) is 4.57 Å². The molecule has 0 heterocycles. The smallest absolute Gasteiger partial charge is 0.264 e. The van der Waals surface area contributed by atoms with Gasteiger partial charge in [0.05, 0.1) is 0 Å². The summed E-state index contributed by atoms with van der Waals surface area (Å²) in [5.41, 5.74) is 0. The number of para-hydroxylation sites is 1. The molecule has 0 bridgehead atoms. The van der Waals surface area contributed by atoms with Crippen molar-refractivity contribution < 1.29 is 9.09 Å². The minimum atomic E-state index is -1.53. The van der Waals surface area contributed by atoms with Crippen LogP contribution in [0.15, 0.2) is 30.3 Å². The van der Waals surface area contributed by atoms with Crippen molar-refractivity contribution in [3.05, 3.63) is 30.3 Å². The molecule has 1 aromatic carbocycles. The Morgan fingerprint density at radius 2 is 1.90 bits per heavy atom. The van der Waals surface area contributed by atoms with Gasteiger partial charge in [-0.3, -0.25) is 0 Å². The largest absolute Gasteiger partial charge is 0.417 e. The van der Waals surface area contributed by atoms with Crippen LogP contribution in [0.2, 0.25) is 0 Å². The maximum atomic E-state index is 10.5. The molecule has 0 spiro atoms. The molecule has 1 aromatic rings. The lowest BCUT2D eigenvalue weighted by Gasteiger charge is -1.97. The summed E-state index contributed by atoms with van der Waals surface area (Å²) >= 11 is 0. The second-order valence-corrected chi connectivity index (χ2v) is 2.91. The van der Waals surface area contributed by atoms with Crippen molar-refractivity contribution in [2.45, 2.75) is 0 Å². The predicted molar refractivity (Wildman–Crippen MR) is 40.6 cm³/mol. The number of hydrogen-bond donors (Lipinski definition) is 0. The van der Waals surface area contributed by atoms with Gasteiger partial charge < -0.3 is 4.52 Å². The molecule has 2 nitrogen and oxygen atoms in total. The first-order chi connectivity index (χ1) is 4.79.